The molecular weight excluding hydrogens is 359 g/mol. The van der Waals surface area contributed by atoms with Gasteiger partial charge in [0.05, 0.1) is 11.8 Å². The standard InChI is InChI=1S/C22H23FN2O3/c23-15-5-7-16(8-6-15)24-20(26)12-3-9-17(10-4-12)25-21(27)18-13-1-2-14(11-13)19(18)22(25)28/h1-2,5-8,12-14,17-19H,3-4,9-11H2,(H,24,26)/t12?,13-,14+,17?,18-,19-/m0/s1. The SMILES string of the molecule is O=C(Nc1ccc(F)cc1)C1CCC(N2C(=O)[C@@H]3[C@@H](C2=O)[C@H]2C=C[C@@H]3C2)CC1. The maximum atomic E-state index is 13.0. The molecule has 1 aromatic carbocycles. The first-order chi connectivity index (χ1) is 13.5. The number of imide groups is 1. The van der Waals surface area contributed by atoms with Crippen LogP contribution in [-0.4, -0.2) is 28.7 Å². The first-order valence-electron chi connectivity index (χ1n) is 10.1. The number of rotatable bonds is 3. The minimum absolute atomic E-state index is 0.00561. The number of anilines is 1. The highest BCUT2D eigenvalue weighted by molar-refractivity contribution is 6.06. The number of allylic oxidation sites excluding steroid dienone is 2. The molecule has 3 aliphatic carbocycles. The van der Waals surface area contributed by atoms with E-state index in [9.17, 15) is 18.8 Å². The van der Waals surface area contributed by atoms with Crippen LogP contribution in [0.3, 0.4) is 0 Å². The summed E-state index contributed by atoms with van der Waals surface area (Å²) in [6, 6.07) is 5.63. The third kappa shape index (κ3) is 2.69. The summed E-state index contributed by atoms with van der Waals surface area (Å²) in [7, 11) is 0. The van der Waals surface area contributed by atoms with E-state index in [0.717, 1.165) is 6.42 Å². The van der Waals surface area contributed by atoms with E-state index in [4.69, 9.17) is 0 Å². The first-order valence-corrected chi connectivity index (χ1v) is 10.1. The van der Waals surface area contributed by atoms with E-state index < -0.39 is 0 Å². The van der Waals surface area contributed by atoms with Gasteiger partial charge in [0.1, 0.15) is 5.82 Å². The van der Waals surface area contributed by atoms with Gasteiger partial charge in [-0.15, -0.1) is 0 Å². The van der Waals surface area contributed by atoms with E-state index in [1.165, 1.54) is 17.0 Å². The Balaban J connectivity index is 1.21. The smallest absolute Gasteiger partial charge is 0.233 e. The highest BCUT2D eigenvalue weighted by Crippen LogP contribution is 2.53. The molecule has 1 saturated heterocycles. The number of fused-ring (bicyclic) bond motifs is 5. The molecule has 0 radical (unpaired) electrons. The molecule has 2 saturated carbocycles. The number of halogens is 1. The number of carbonyl (C=O) groups is 3. The number of carbonyl (C=O) groups excluding carboxylic acids is 3. The molecule has 0 aromatic heterocycles. The third-order valence-corrected chi connectivity index (χ3v) is 7.05. The van der Waals surface area contributed by atoms with Crippen molar-refractivity contribution >= 4 is 23.4 Å². The average Bonchev–Trinajstić information content (AvgIpc) is 3.38. The van der Waals surface area contributed by atoms with E-state index in [1.54, 1.807) is 12.1 Å². The van der Waals surface area contributed by atoms with Crippen LogP contribution in [0, 0.1) is 35.4 Å². The van der Waals surface area contributed by atoms with Gasteiger partial charge in [0.15, 0.2) is 0 Å². The Labute approximate surface area is 163 Å². The lowest BCUT2D eigenvalue weighted by atomic mass is 9.84. The fourth-order valence-electron chi connectivity index (χ4n) is 5.66. The van der Waals surface area contributed by atoms with Gasteiger partial charge in [-0.05, 0) is 68.2 Å². The zero-order valence-electron chi connectivity index (χ0n) is 15.5. The molecule has 4 atom stereocenters. The Morgan fingerprint density at radius 3 is 2.07 bits per heavy atom. The molecule has 3 amide bonds. The summed E-state index contributed by atoms with van der Waals surface area (Å²) in [6.07, 6.45) is 7.79. The molecule has 4 aliphatic rings. The van der Waals surface area contributed by atoms with Crippen molar-refractivity contribution < 1.29 is 18.8 Å². The van der Waals surface area contributed by atoms with Crippen molar-refractivity contribution in [1.82, 2.24) is 4.90 Å². The highest BCUT2D eigenvalue weighted by Gasteiger charge is 2.60. The Morgan fingerprint density at radius 2 is 1.50 bits per heavy atom. The van der Waals surface area contributed by atoms with Crippen molar-refractivity contribution in [3.8, 4) is 0 Å². The Bertz CT molecular complexity index is 827. The Hall–Kier alpha value is -2.50. The molecule has 5 rings (SSSR count). The van der Waals surface area contributed by atoms with Crippen LogP contribution in [0.25, 0.3) is 0 Å². The predicted molar refractivity (Wildman–Crippen MR) is 100 cm³/mol. The second-order valence-corrected chi connectivity index (χ2v) is 8.55. The van der Waals surface area contributed by atoms with Gasteiger partial charge in [-0.2, -0.15) is 0 Å². The lowest BCUT2D eigenvalue weighted by molar-refractivity contribution is -0.144. The van der Waals surface area contributed by atoms with E-state index in [0.29, 0.717) is 31.4 Å². The van der Waals surface area contributed by atoms with Gasteiger partial charge >= 0.3 is 0 Å². The van der Waals surface area contributed by atoms with Gasteiger partial charge < -0.3 is 5.32 Å². The molecule has 5 nitrogen and oxygen atoms in total. The van der Waals surface area contributed by atoms with E-state index in [2.05, 4.69) is 17.5 Å². The highest BCUT2D eigenvalue weighted by atomic mass is 19.1. The van der Waals surface area contributed by atoms with Crippen molar-refractivity contribution in [1.29, 1.82) is 0 Å². The molecule has 1 heterocycles. The Kier molecular flexibility index (Phi) is 4.11. The zero-order valence-corrected chi connectivity index (χ0v) is 15.5. The van der Waals surface area contributed by atoms with Crippen molar-refractivity contribution in [3.63, 3.8) is 0 Å². The maximum absolute atomic E-state index is 13.0. The van der Waals surface area contributed by atoms with Crippen LogP contribution < -0.4 is 5.32 Å². The largest absolute Gasteiger partial charge is 0.326 e. The second-order valence-electron chi connectivity index (χ2n) is 8.55. The van der Waals surface area contributed by atoms with Gasteiger partial charge in [0.25, 0.3) is 0 Å². The van der Waals surface area contributed by atoms with Crippen molar-refractivity contribution in [2.75, 3.05) is 5.32 Å². The van der Waals surface area contributed by atoms with Gasteiger partial charge in [0, 0.05) is 17.6 Å². The first kappa shape index (κ1) is 17.6. The van der Waals surface area contributed by atoms with Crippen molar-refractivity contribution in [2.45, 2.75) is 38.1 Å². The minimum atomic E-state index is -0.341. The fraction of sp³-hybridized carbons (Fsp3) is 0.500. The maximum Gasteiger partial charge on any atom is 0.233 e. The van der Waals surface area contributed by atoms with Gasteiger partial charge in [-0.25, -0.2) is 4.39 Å². The number of hydrogen-bond acceptors (Lipinski definition) is 3. The van der Waals surface area contributed by atoms with Crippen LogP contribution in [0.4, 0.5) is 10.1 Å². The molecule has 0 spiro atoms. The van der Waals surface area contributed by atoms with Gasteiger partial charge in [-0.3, -0.25) is 19.3 Å². The molecule has 1 N–H and O–H groups in total. The van der Waals surface area contributed by atoms with E-state index >= 15 is 0 Å². The fourth-order valence-corrected chi connectivity index (χ4v) is 5.66. The van der Waals surface area contributed by atoms with Crippen LogP contribution in [0.15, 0.2) is 36.4 Å². The molecule has 0 unspecified atom stereocenters. The van der Waals surface area contributed by atoms with Crippen LogP contribution in [0.2, 0.25) is 0 Å². The lowest BCUT2D eigenvalue weighted by Gasteiger charge is -2.33. The van der Waals surface area contributed by atoms with Crippen LogP contribution >= 0.6 is 0 Å². The van der Waals surface area contributed by atoms with Crippen LogP contribution in [0.1, 0.15) is 32.1 Å². The normalized spacial score (nSPS) is 36.1. The molecule has 2 bridgehead atoms. The number of likely N-dealkylation sites (tertiary alicyclic amines) is 1. The quantitative estimate of drug-likeness (QED) is 0.645. The molecule has 1 aromatic rings. The summed E-state index contributed by atoms with van der Waals surface area (Å²) in [5, 5.41) is 2.83. The molecule has 6 heteroatoms. The minimum Gasteiger partial charge on any atom is -0.326 e. The molecule has 28 heavy (non-hydrogen) atoms. The monoisotopic (exact) mass is 382 g/mol. The lowest BCUT2D eigenvalue weighted by Crippen LogP contribution is -2.44. The van der Waals surface area contributed by atoms with E-state index in [-0.39, 0.29) is 59.2 Å². The van der Waals surface area contributed by atoms with Crippen LogP contribution in [-0.2, 0) is 14.4 Å². The van der Waals surface area contributed by atoms with Gasteiger partial charge in [-0.1, -0.05) is 12.2 Å². The number of nitrogens with zero attached hydrogens (tertiary/aromatic N) is 1. The summed E-state index contributed by atoms with van der Waals surface area (Å²) >= 11 is 0. The molecular formula is C22H23FN2O3. The number of amides is 3. The topological polar surface area (TPSA) is 66.5 Å². The molecule has 146 valence electrons. The number of benzene rings is 1. The summed E-state index contributed by atoms with van der Waals surface area (Å²) in [6.45, 7) is 0. The molecule has 3 fully saturated rings. The third-order valence-electron chi connectivity index (χ3n) is 7.05. The summed E-state index contributed by atoms with van der Waals surface area (Å²) in [5.74, 6) is -0.397. The molecule has 1 aliphatic heterocycles. The zero-order chi connectivity index (χ0) is 19.4. The average molecular weight is 382 g/mol. The van der Waals surface area contributed by atoms with Gasteiger partial charge in [0.2, 0.25) is 17.7 Å². The Morgan fingerprint density at radius 1 is 0.929 bits per heavy atom. The second kappa shape index (κ2) is 6.54. The van der Waals surface area contributed by atoms with Crippen molar-refractivity contribution in [2.24, 2.45) is 29.6 Å². The van der Waals surface area contributed by atoms with E-state index in [1.807, 2.05) is 0 Å². The predicted octanol–water partition coefficient (Wildman–Crippen LogP) is 3.13. The summed E-state index contributed by atoms with van der Waals surface area (Å²) in [4.78, 5) is 39.9. The van der Waals surface area contributed by atoms with Crippen molar-refractivity contribution in [3.05, 3.63) is 42.2 Å². The summed E-state index contributed by atoms with van der Waals surface area (Å²) in [5.41, 5.74) is 0.578. The number of hydrogen-bond donors (Lipinski definition) is 1. The van der Waals surface area contributed by atoms with Crippen LogP contribution in [0.5, 0.6) is 0 Å². The summed E-state index contributed by atoms with van der Waals surface area (Å²) < 4.78 is 13.0. The number of nitrogens with one attached hydrogen (secondary N) is 1.